The molecule has 0 aliphatic carbocycles. The van der Waals surface area contributed by atoms with Crippen molar-refractivity contribution in [3.05, 3.63) is 100 Å². The molecule has 1 aliphatic heterocycles. The molecule has 1 saturated heterocycles. The topological polar surface area (TPSA) is 131 Å². The SMILES string of the molecule is Cc1nnc(SCC2CC(c3ccc(CO)cc3)OC(c3ccc(-c4ccccc4CNC(=O)CCCC(=O)O)cc3)O2)s1. The highest BCUT2D eigenvalue weighted by Crippen LogP contribution is 2.40. The van der Waals surface area contributed by atoms with E-state index in [4.69, 9.17) is 14.6 Å². The third kappa shape index (κ3) is 8.73. The molecule has 0 spiro atoms. The number of thioether (sulfide) groups is 1. The lowest BCUT2D eigenvalue weighted by Crippen LogP contribution is -2.31. The lowest BCUT2D eigenvalue weighted by Gasteiger charge is -2.36. The number of carboxylic acid groups (broad SMARTS) is 1. The number of aliphatic hydroxyl groups excluding tert-OH is 1. The number of aromatic nitrogens is 2. The van der Waals surface area contributed by atoms with Crippen LogP contribution in [-0.2, 0) is 32.2 Å². The van der Waals surface area contributed by atoms with Crippen molar-refractivity contribution in [1.29, 1.82) is 0 Å². The molecular formula is C33H35N3O6S2. The molecule has 0 radical (unpaired) electrons. The molecule has 3 aromatic carbocycles. The van der Waals surface area contributed by atoms with Crippen LogP contribution in [0.5, 0.6) is 0 Å². The van der Waals surface area contributed by atoms with Crippen molar-refractivity contribution in [2.75, 3.05) is 5.75 Å². The molecule has 1 fully saturated rings. The average molecular weight is 634 g/mol. The highest BCUT2D eigenvalue weighted by molar-refractivity contribution is 8.01. The molecular weight excluding hydrogens is 599 g/mol. The summed E-state index contributed by atoms with van der Waals surface area (Å²) in [7, 11) is 0. The smallest absolute Gasteiger partial charge is 0.303 e. The van der Waals surface area contributed by atoms with Crippen LogP contribution in [0.3, 0.4) is 0 Å². The Morgan fingerprint density at radius 2 is 1.73 bits per heavy atom. The van der Waals surface area contributed by atoms with Gasteiger partial charge in [0.05, 0.1) is 18.8 Å². The Balaban J connectivity index is 1.29. The Kier molecular flexibility index (Phi) is 11.1. The minimum Gasteiger partial charge on any atom is -0.481 e. The molecule has 3 N–H and O–H groups in total. The van der Waals surface area contributed by atoms with Crippen molar-refractivity contribution in [1.82, 2.24) is 15.5 Å². The van der Waals surface area contributed by atoms with Crippen molar-refractivity contribution in [2.45, 2.75) is 68.6 Å². The summed E-state index contributed by atoms with van der Waals surface area (Å²) in [5, 5.41) is 30.5. The minimum absolute atomic E-state index is 0.00723. The fourth-order valence-electron chi connectivity index (χ4n) is 4.98. The van der Waals surface area contributed by atoms with Gasteiger partial charge in [-0.3, -0.25) is 9.59 Å². The first-order chi connectivity index (χ1) is 21.4. The van der Waals surface area contributed by atoms with Gasteiger partial charge in [-0.15, -0.1) is 10.2 Å². The predicted octanol–water partition coefficient (Wildman–Crippen LogP) is 6.21. The van der Waals surface area contributed by atoms with E-state index < -0.39 is 12.3 Å². The number of aryl methyl sites for hydroxylation is 1. The molecule has 3 unspecified atom stereocenters. The number of carboxylic acids is 1. The monoisotopic (exact) mass is 633 g/mol. The summed E-state index contributed by atoms with van der Waals surface area (Å²) < 4.78 is 13.9. The van der Waals surface area contributed by atoms with Crippen LogP contribution in [0, 0.1) is 6.92 Å². The number of hydrogen-bond donors (Lipinski definition) is 3. The van der Waals surface area contributed by atoms with Crippen LogP contribution >= 0.6 is 23.1 Å². The second-order valence-corrected chi connectivity index (χ2v) is 13.0. The van der Waals surface area contributed by atoms with Gasteiger partial charge in [-0.1, -0.05) is 95.9 Å². The molecule has 44 heavy (non-hydrogen) atoms. The average Bonchev–Trinajstić information content (AvgIpc) is 3.47. The molecule has 0 bridgehead atoms. The van der Waals surface area contributed by atoms with Crippen LogP contribution in [-0.4, -0.2) is 44.1 Å². The Bertz CT molecular complexity index is 1540. The number of nitrogens with zero attached hydrogens (tertiary/aromatic N) is 2. The van der Waals surface area contributed by atoms with Crippen LogP contribution < -0.4 is 5.32 Å². The Hall–Kier alpha value is -3.61. The van der Waals surface area contributed by atoms with Crippen LogP contribution in [0.25, 0.3) is 11.1 Å². The van der Waals surface area contributed by atoms with E-state index in [1.807, 2.05) is 79.7 Å². The number of benzene rings is 3. The molecule has 11 heteroatoms. The summed E-state index contributed by atoms with van der Waals surface area (Å²) in [4.78, 5) is 23.0. The maximum absolute atomic E-state index is 12.2. The summed E-state index contributed by atoms with van der Waals surface area (Å²) in [5.74, 6) is -0.356. The maximum Gasteiger partial charge on any atom is 0.303 e. The number of hydrogen-bond acceptors (Lipinski definition) is 9. The third-order valence-electron chi connectivity index (χ3n) is 7.30. The molecule has 9 nitrogen and oxygen atoms in total. The molecule has 4 aromatic rings. The normalized spacial score (nSPS) is 18.2. The minimum atomic E-state index is -0.902. The molecule has 230 valence electrons. The van der Waals surface area contributed by atoms with Crippen molar-refractivity contribution in [3.63, 3.8) is 0 Å². The van der Waals surface area contributed by atoms with E-state index in [9.17, 15) is 14.7 Å². The first-order valence-electron chi connectivity index (χ1n) is 14.5. The van der Waals surface area contributed by atoms with Crippen LogP contribution in [0.15, 0.2) is 77.1 Å². The predicted molar refractivity (Wildman–Crippen MR) is 169 cm³/mol. The third-order valence-corrected chi connectivity index (χ3v) is 9.40. The lowest BCUT2D eigenvalue weighted by molar-refractivity contribution is -0.245. The number of carbonyl (C=O) groups excluding carboxylic acids is 1. The Morgan fingerprint density at radius 3 is 2.43 bits per heavy atom. The van der Waals surface area contributed by atoms with E-state index in [2.05, 4.69) is 15.5 Å². The Morgan fingerprint density at radius 1 is 0.977 bits per heavy atom. The van der Waals surface area contributed by atoms with Gasteiger partial charge in [0.2, 0.25) is 5.91 Å². The molecule has 5 rings (SSSR count). The number of aliphatic hydroxyl groups is 1. The molecule has 1 amide bonds. The number of carbonyl (C=O) groups is 2. The molecule has 2 heterocycles. The van der Waals surface area contributed by atoms with Crippen molar-refractivity contribution in [3.8, 4) is 11.1 Å². The molecule has 1 aromatic heterocycles. The molecule has 1 aliphatic rings. The lowest BCUT2D eigenvalue weighted by atomic mass is 9.97. The standard InChI is InChI=1S/C33H35N3O6S2/c1-21-35-36-33(44-21)43-20-27-17-29(24-11-9-22(19-37)10-12-24)42-32(41-27)25-15-13-23(14-16-25)28-6-3-2-5-26(28)18-34-30(38)7-4-8-31(39)40/h2-3,5-6,9-16,27,29,32,37H,4,7-8,17-20H2,1H3,(H,34,38)(H,39,40). The maximum atomic E-state index is 12.2. The Labute approximate surface area is 264 Å². The van der Waals surface area contributed by atoms with Gasteiger partial charge in [0, 0.05) is 37.1 Å². The van der Waals surface area contributed by atoms with Gasteiger partial charge in [0.25, 0.3) is 0 Å². The number of ether oxygens (including phenoxy) is 2. The van der Waals surface area contributed by atoms with Crippen LogP contribution in [0.2, 0.25) is 0 Å². The van der Waals surface area contributed by atoms with Crippen LogP contribution in [0.1, 0.15) is 65.3 Å². The van der Waals surface area contributed by atoms with E-state index in [0.717, 1.165) is 42.7 Å². The number of amides is 1. The second kappa shape index (κ2) is 15.4. The fraction of sp³-hybridized carbons (Fsp3) is 0.333. The van der Waals surface area contributed by atoms with Crippen molar-refractivity contribution < 1.29 is 29.3 Å². The summed E-state index contributed by atoms with van der Waals surface area (Å²) in [6.45, 7) is 2.29. The van der Waals surface area contributed by atoms with Crippen molar-refractivity contribution >= 4 is 35.0 Å². The highest BCUT2D eigenvalue weighted by atomic mass is 32.2. The van der Waals surface area contributed by atoms with Gasteiger partial charge in [0.1, 0.15) is 5.01 Å². The zero-order valence-corrected chi connectivity index (χ0v) is 26.0. The molecule has 0 saturated carbocycles. The first-order valence-corrected chi connectivity index (χ1v) is 16.3. The zero-order chi connectivity index (χ0) is 30.9. The van der Waals surface area contributed by atoms with E-state index in [1.165, 1.54) is 0 Å². The van der Waals surface area contributed by atoms with Gasteiger partial charge in [-0.05, 0) is 41.2 Å². The second-order valence-electron chi connectivity index (χ2n) is 10.6. The van der Waals surface area contributed by atoms with E-state index in [0.29, 0.717) is 25.1 Å². The zero-order valence-electron chi connectivity index (χ0n) is 24.3. The number of aliphatic carboxylic acids is 1. The summed E-state index contributed by atoms with van der Waals surface area (Å²) in [6, 6.07) is 23.8. The van der Waals surface area contributed by atoms with Gasteiger partial charge in [0.15, 0.2) is 10.6 Å². The number of rotatable bonds is 13. The van der Waals surface area contributed by atoms with Gasteiger partial charge < -0.3 is 25.0 Å². The van der Waals surface area contributed by atoms with Crippen molar-refractivity contribution in [2.24, 2.45) is 0 Å². The van der Waals surface area contributed by atoms with Gasteiger partial charge >= 0.3 is 5.97 Å². The quantitative estimate of drug-likeness (QED) is 0.147. The van der Waals surface area contributed by atoms with E-state index >= 15 is 0 Å². The van der Waals surface area contributed by atoms with E-state index in [-0.39, 0.29) is 37.6 Å². The largest absolute Gasteiger partial charge is 0.481 e. The summed E-state index contributed by atoms with van der Waals surface area (Å²) in [5.41, 5.74) is 5.75. The summed E-state index contributed by atoms with van der Waals surface area (Å²) >= 11 is 3.21. The molecule has 3 atom stereocenters. The van der Waals surface area contributed by atoms with Crippen LogP contribution in [0.4, 0.5) is 0 Å². The van der Waals surface area contributed by atoms with Gasteiger partial charge in [-0.25, -0.2) is 0 Å². The van der Waals surface area contributed by atoms with Gasteiger partial charge in [-0.2, -0.15) is 0 Å². The first kappa shape index (κ1) is 31.8. The fourth-order valence-corrected chi connectivity index (χ4v) is 6.84. The highest BCUT2D eigenvalue weighted by Gasteiger charge is 2.32. The number of nitrogens with one attached hydrogen (secondary N) is 1. The summed E-state index contributed by atoms with van der Waals surface area (Å²) in [6.07, 6.45) is 0.329. The van der Waals surface area contributed by atoms with E-state index in [1.54, 1.807) is 23.1 Å².